The fourth-order valence-electron chi connectivity index (χ4n) is 4.51. The number of piperidine rings is 1. The van der Waals surface area contributed by atoms with Crippen molar-refractivity contribution in [2.75, 3.05) is 24.6 Å². The molecule has 1 unspecified atom stereocenters. The highest BCUT2D eigenvalue weighted by molar-refractivity contribution is 7.91. The van der Waals surface area contributed by atoms with Gasteiger partial charge in [-0.25, -0.2) is 8.42 Å². The van der Waals surface area contributed by atoms with Gasteiger partial charge in [-0.05, 0) is 37.8 Å². The van der Waals surface area contributed by atoms with E-state index in [0.29, 0.717) is 30.6 Å². The monoisotopic (exact) mass is 374 g/mol. The van der Waals surface area contributed by atoms with Crippen molar-refractivity contribution in [1.82, 2.24) is 9.88 Å². The number of rotatable bonds is 1. The number of aromatic amines is 1. The van der Waals surface area contributed by atoms with Crippen molar-refractivity contribution in [1.29, 1.82) is 0 Å². The molecule has 6 nitrogen and oxygen atoms in total. The molecule has 1 N–H and O–H groups in total. The van der Waals surface area contributed by atoms with E-state index in [2.05, 4.69) is 4.98 Å². The van der Waals surface area contributed by atoms with Crippen LogP contribution in [0, 0.1) is 12.3 Å². The minimum absolute atomic E-state index is 0.150. The topological polar surface area (TPSA) is 87.3 Å². The van der Waals surface area contributed by atoms with E-state index in [-0.39, 0.29) is 34.0 Å². The molecular formula is C19H22N2O4S. The number of aryl methyl sites for hydroxylation is 1. The van der Waals surface area contributed by atoms with E-state index in [1.807, 2.05) is 24.3 Å². The number of sulfone groups is 1. The Kier molecular flexibility index (Phi) is 3.95. The van der Waals surface area contributed by atoms with Gasteiger partial charge in [-0.15, -0.1) is 0 Å². The number of para-hydroxylation sites is 1. The molecule has 138 valence electrons. The second-order valence-corrected chi connectivity index (χ2v) is 9.86. The third kappa shape index (κ3) is 2.84. The Bertz CT molecular complexity index is 1060. The Hall–Kier alpha value is -2.15. The lowest BCUT2D eigenvalue weighted by molar-refractivity contribution is 0.0562. The van der Waals surface area contributed by atoms with Crippen LogP contribution in [0.5, 0.6) is 0 Å². The lowest BCUT2D eigenvalue weighted by Crippen LogP contribution is -2.48. The number of aromatic nitrogens is 1. The molecule has 4 rings (SSSR count). The summed E-state index contributed by atoms with van der Waals surface area (Å²) in [7, 11) is -3.02. The molecule has 26 heavy (non-hydrogen) atoms. The molecule has 2 aliphatic heterocycles. The summed E-state index contributed by atoms with van der Waals surface area (Å²) < 4.78 is 23.9. The Morgan fingerprint density at radius 3 is 2.73 bits per heavy atom. The first kappa shape index (κ1) is 17.3. The molecule has 7 heteroatoms. The van der Waals surface area contributed by atoms with E-state index >= 15 is 0 Å². The average molecular weight is 374 g/mol. The summed E-state index contributed by atoms with van der Waals surface area (Å²) in [4.78, 5) is 30.2. The number of amides is 1. The van der Waals surface area contributed by atoms with Crippen molar-refractivity contribution in [3.8, 4) is 0 Å². The summed E-state index contributed by atoms with van der Waals surface area (Å²) in [5.74, 6) is 0.0550. The number of fused-ring (bicyclic) bond motifs is 1. The van der Waals surface area contributed by atoms with Crippen molar-refractivity contribution >= 4 is 26.6 Å². The molecule has 1 amide bonds. The van der Waals surface area contributed by atoms with Crippen LogP contribution in [-0.2, 0) is 9.84 Å². The van der Waals surface area contributed by atoms with Crippen molar-refractivity contribution in [3.63, 3.8) is 0 Å². The quantitative estimate of drug-likeness (QED) is 0.826. The number of carbonyl (C=O) groups is 1. The van der Waals surface area contributed by atoms with Crippen LogP contribution in [0.25, 0.3) is 10.9 Å². The Balaban J connectivity index is 1.70. The highest BCUT2D eigenvalue weighted by atomic mass is 32.2. The lowest BCUT2D eigenvalue weighted by atomic mass is 9.79. The second-order valence-electron chi connectivity index (χ2n) is 7.67. The predicted octanol–water partition coefficient (Wildman–Crippen LogP) is 1.88. The summed E-state index contributed by atoms with van der Waals surface area (Å²) in [5.41, 5.74) is 0.826. The summed E-state index contributed by atoms with van der Waals surface area (Å²) in [5, 5.41) is 0.852. The maximum absolute atomic E-state index is 13.1. The second kappa shape index (κ2) is 5.94. The van der Waals surface area contributed by atoms with E-state index in [1.54, 1.807) is 11.8 Å². The third-order valence-corrected chi connectivity index (χ3v) is 7.69. The summed E-state index contributed by atoms with van der Waals surface area (Å²) >= 11 is 0. The first-order valence-electron chi connectivity index (χ1n) is 8.92. The van der Waals surface area contributed by atoms with E-state index in [0.717, 1.165) is 18.2 Å². The van der Waals surface area contributed by atoms with Gasteiger partial charge in [-0.2, -0.15) is 0 Å². The van der Waals surface area contributed by atoms with Gasteiger partial charge in [0.25, 0.3) is 11.5 Å². The number of nitrogens with zero attached hydrogens (tertiary/aromatic N) is 1. The van der Waals surface area contributed by atoms with Gasteiger partial charge in [0.15, 0.2) is 9.84 Å². The standard InChI is InChI=1S/C19H22N2O4S/c1-13-14-5-2-3-6-15(14)20-17(22)16(13)18(23)21-9-4-7-19(11-21)8-10-26(24,25)12-19/h2-3,5-6H,4,7-12H2,1H3,(H,20,22). The summed E-state index contributed by atoms with van der Waals surface area (Å²) in [6, 6.07) is 7.42. The van der Waals surface area contributed by atoms with Gasteiger partial charge in [0.05, 0.1) is 11.5 Å². The first-order valence-corrected chi connectivity index (χ1v) is 10.7. The largest absolute Gasteiger partial charge is 0.338 e. The zero-order chi connectivity index (χ0) is 18.5. The van der Waals surface area contributed by atoms with Gasteiger partial charge >= 0.3 is 0 Å². The van der Waals surface area contributed by atoms with E-state index in [4.69, 9.17) is 0 Å². The fourth-order valence-corrected chi connectivity index (χ4v) is 6.71. The molecular weight excluding hydrogens is 352 g/mol. The van der Waals surface area contributed by atoms with Crippen molar-refractivity contribution in [3.05, 3.63) is 45.7 Å². The molecule has 1 aromatic carbocycles. The molecule has 1 spiro atoms. The first-order chi connectivity index (χ1) is 12.3. The number of likely N-dealkylation sites (tertiary alicyclic amines) is 1. The van der Waals surface area contributed by atoms with Crippen LogP contribution in [0.4, 0.5) is 0 Å². The number of hydrogen-bond donors (Lipinski definition) is 1. The van der Waals surface area contributed by atoms with Gasteiger partial charge in [0, 0.05) is 29.4 Å². The molecule has 2 fully saturated rings. The zero-order valence-electron chi connectivity index (χ0n) is 14.7. The fraction of sp³-hybridized carbons (Fsp3) is 0.474. The van der Waals surface area contributed by atoms with E-state index in [1.165, 1.54) is 0 Å². The van der Waals surface area contributed by atoms with Gasteiger partial charge in [0.2, 0.25) is 0 Å². The molecule has 2 aliphatic rings. The summed E-state index contributed by atoms with van der Waals surface area (Å²) in [6.45, 7) is 2.77. The van der Waals surface area contributed by atoms with Crippen molar-refractivity contribution < 1.29 is 13.2 Å². The van der Waals surface area contributed by atoms with E-state index < -0.39 is 9.84 Å². The van der Waals surface area contributed by atoms with Crippen LogP contribution in [0.15, 0.2) is 29.1 Å². The minimum atomic E-state index is -3.02. The highest BCUT2D eigenvalue weighted by Crippen LogP contribution is 2.40. The number of hydrogen-bond acceptors (Lipinski definition) is 4. The van der Waals surface area contributed by atoms with Crippen molar-refractivity contribution in [2.24, 2.45) is 5.41 Å². The SMILES string of the molecule is Cc1c(C(=O)N2CCCC3(CCS(=O)(=O)C3)C2)c(=O)[nH]c2ccccc12. The van der Waals surface area contributed by atoms with Crippen molar-refractivity contribution in [2.45, 2.75) is 26.2 Å². The molecule has 1 atom stereocenters. The Morgan fingerprint density at radius 1 is 1.23 bits per heavy atom. The molecule has 0 radical (unpaired) electrons. The van der Waals surface area contributed by atoms with Crippen LogP contribution < -0.4 is 5.56 Å². The van der Waals surface area contributed by atoms with Crippen LogP contribution in [-0.4, -0.2) is 48.8 Å². The summed E-state index contributed by atoms with van der Waals surface area (Å²) in [6.07, 6.45) is 2.20. The van der Waals surface area contributed by atoms with Crippen LogP contribution in [0.1, 0.15) is 35.2 Å². The minimum Gasteiger partial charge on any atom is -0.338 e. The highest BCUT2D eigenvalue weighted by Gasteiger charge is 2.45. The molecule has 0 aliphatic carbocycles. The van der Waals surface area contributed by atoms with Gasteiger partial charge < -0.3 is 9.88 Å². The molecule has 0 saturated carbocycles. The van der Waals surface area contributed by atoms with E-state index in [9.17, 15) is 18.0 Å². The molecule has 0 bridgehead atoms. The van der Waals surface area contributed by atoms with Gasteiger partial charge in [0.1, 0.15) is 5.56 Å². The predicted molar refractivity (Wildman–Crippen MR) is 100 cm³/mol. The molecule has 2 aromatic rings. The maximum Gasteiger partial charge on any atom is 0.261 e. The average Bonchev–Trinajstić information content (AvgIpc) is 2.89. The number of benzene rings is 1. The molecule has 2 saturated heterocycles. The number of H-pyrrole nitrogens is 1. The number of nitrogens with one attached hydrogen (secondary N) is 1. The lowest BCUT2D eigenvalue weighted by Gasteiger charge is -2.39. The Labute approximate surface area is 152 Å². The normalized spacial score (nSPS) is 25.0. The number of carbonyl (C=O) groups excluding carboxylic acids is 1. The number of pyridine rings is 1. The van der Waals surface area contributed by atoms with Crippen LogP contribution >= 0.6 is 0 Å². The smallest absolute Gasteiger partial charge is 0.261 e. The molecule has 1 aromatic heterocycles. The maximum atomic E-state index is 13.1. The van der Waals surface area contributed by atoms with Gasteiger partial charge in [-0.3, -0.25) is 9.59 Å². The van der Waals surface area contributed by atoms with Crippen LogP contribution in [0.3, 0.4) is 0 Å². The van der Waals surface area contributed by atoms with Crippen LogP contribution in [0.2, 0.25) is 0 Å². The van der Waals surface area contributed by atoms with Gasteiger partial charge in [-0.1, -0.05) is 18.2 Å². The molecule has 3 heterocycles. The Morgan fingerprint density at radius 2 is 2.00 bits per heavy atom. The third-order valence-electron chi connectivity index (χ3n) is 5.81. The zero-order valence-corrected chi connectivity index (χ0v) is 15.6.